The lowest BCUT2D eigenvalue weighted by molar-refractivity contribution is -0.124. The predicted octanol–water partition coefficient (Wildman–Crippen LogP) is 6.41. The zero-order chi connectivity index (χ0) is 24.3. The Labute approximate surface area is 216 Å². The first-order valence-electron chi connectivity index (χ1n) is 14.2. The molecule has 2 N–H and O–H groups in total. The van der Waals surface area contributed by atoms with Crippen LogP contribution in [0, 0.1) is 52.3 Å². The van der Waals surface area contributed by atoms with Crippen LogP contribution in [0.25, 0.3) is 0 Å². The molecule has 1 heterocycles. The van der Waals surface area contributed by atoms with Gasteiger partial charge in [0.15, 0.2) is 0 Å². The molecule has 4 saturated carbocycles. The molecule has 3 nitrogen and oxygen atoms in total. The lowest BCUT2D eigenvalue weighted by Crippen LogP contribution is -2.56. The lowest BCUT2D eigenvalue weighted by Gasteiger charge is -2.62. The average molecular weight is 509 g/mol. The Morgan fingerprint density at radius 2 is 1.79 bits per heavy atom. The third-order valence-corrected chi connectivity index (χ3v) is 15.4. The Morgan fingerprint density at radius 3 is 2.50 bits per heavy atom. The van der Waals surface area contributed by atoms with Crippen molar-refractivity contribution >= 4 is 29.3 Å². The van der Waals surface area contributed by atoms with Crippen molar-refractivity contribution < 1.29 is 15.0 Å². The number of rotatable bonds is 6. The second-order valence-electron chi connectivity index (χ2n) is 13.5. The molecule has 0 bridgehead atoms. The Hall–Kier alpha value is 0.290. The summed E-state index contributed by atoms with van der Waals surface area (Å²) >= 11 is 4.47. The number of fused-ring (bicyclic) bond motifs is 6. The van der Waals surface area contributed by atoms with Crippen LogP contribution < -0.4 is 0 Å². The molecule has 34 heavy (non-hydrogen) atoms. The molecule has 0 aromatic carbocycles. The number of hydrogen-bond acceptors (Lipinski definition) is 5. The van der Waals surface area contributed by atoms with Crippen molar-refractivity contribution in [1.82, 2.24) is 0 Å². The quantitative estimate of drug-likeness (QED) is 0.434. The molecule has 1 aliphatic heterocycles. The molecule has 1 spiro atoms. The van der Waals surface area contributed by atoms with Crippen LogP contribution in [-0.2, 0) is 4.79 Å². The maximum atomic E-state index is 13.4. The van der Waals surface area contributed by atoms with Crippen molar-refractivity contribution in [3.63, 3.8) is 0 Å². The molecule has 0 aromatic rings. The molecular formula is C29H48O3S2. The third-order valence-electron chi connectivity index (χ3n) is 11.6. The second-order valence-corrected chi connectivity index (χ2v) is 16.5. The first-order valence-corrected chi connectivity index (χ1v) is 16.2. The number of ketones is 1. The average Bonchev–Trinajstić information content (AvgIpc) is 3.40. The zero-order valence-electron chi connectivity index (χ0n) is 21.9. The highest BCUT2D eigenvalue weighted by Gasteiger charge is 2.69. The summed E-state index contributed by atoms with van der Waals surface area (Å²) in [6.07, 6.45) is 11.1. The van der Waals surface area contributed by atoms with E-state index in [1.54, 1.807) is 0 Å². The van der Waals surface area contributed by atoms with E-state index in [2.05, 4.69) is 51.2 Å². The summed E-state index contributed by atoms with van der Waals surface area (Å²) in [4.78, 5) is 13.4. The molecule has 5 aliphatic rings. The number of thioether (sulfide) groups is 2. The smallest absolute Gasteiger partial charge is 0.136 e. The minimum Gasteiger partial charge on any atom is -0.396 e. The van der Waals surface area contributed by atoms with E-state index in [9.17, 15) is 15.0 Å². The van der Waals surface area contributed by atoms with Gasteiger partial charge >= 0.3 is 0 Å². The van der Waals surface area contributed by atoms with Crippen LogP contribution in [0.4, 0.5) is 0 Å². The molecule has 1 saturated heterocycles. The molecule has 0 aromatic heterocycles. The fourth-order valence-electron chi connectivity index (χ4n) is 9.70. The highest BCUT2D eigenvalue weighted by Crippen LogP contribution is 2.76. The van der Waals surface area contributed by atoms with Crippen molar-refractivity contribution in [2.24, 2.45) is 52.3 Å². The highest BCUT2D eigenvalue weighted by atomic mass is 32.2. The Kier molecular flexibility index (Phi) is 7.28. The van der Waals surface area contributed by atoms with Gasteiger partial charge in [0, 0.05) is 30.5 Å². The number of aliphatic hydroxyl groups excluding tert-OH is 2. The Morgan fingerprint density at radius 1 is 1.06 bits per heavy atom. The van der Waals surface area contributed by atoms with Gasteiger partial charge in [0.25, 0.3) is 0 Å². The van der Waals surface area contributed by atoms with E-state index in [4.69, 9.17) is 0 Å². The molecule has 10 atom stereocenters. The van der Waals surface area contributed by atoms with Gasteiger partial charge in [-0.2, -0.15) is 0 Å². The molecule has 0 unspecified atom stereocenters. The lowest BCUT2D eigenvalue weighted by atomic mass is 9.45. The van der Waals surface area contributed by atoms with E-state index in [0.717, 1.165) is 37.0 Å². The maximum Gasteiger partial charge on any atom is 0.136 e. The first kappa shape index (κ1) is 25.9. The van der Waals surface area contributed by atoms with E-state index in [-0.39, 0.29) is 28.6 Å². The van der Waals surface area contributed by atoms with Gasteiger partial charge in [-0.25, -0.2) is 0 Å². The SMILES string of the molecule is C[C@@H](CO)CCC(=O)[C@@H](C)[C@@H]1C[C@@]2(C)CC[C@H]3[C@@H](CC[C@H]4C[C@@H](O)CC[C@@]43C)[C@@H]2C12SCCS2. The van der Waals surface area contributed by atoms with E-state index in [0.29, 0.717) is 34.9 Å². The van der Waals surface area contributed by atoms with E-state index in [1.165, 1.54) is 50.0 Å². The fraction of sp³-hybridized carbons (Fsp3) is 0.966. The van der Waals surface area contributed by atoms with Gasteiger partial charge in [-0.3, -0.25) is 4.79 Å². The number of carbonyl (C=O) groups excluding carboxylic acids is 1. The molecule has 194 valence electrons. The summed E-state index contributed by atoms with van der Waals surface area (Å²) in [7, 11) is 0. The molecule has 5 rings (SSSR count). The van der Waals surface area contributed by atoms with Crippen LogP contribution in [0.15, 0.2) is 0 Å². The molecule has 5 heteroatoms. The van der Waals surface area contributed by atoms with E-state index >= 15 is 0 Å². The number of hydrogen-bond donors (Lipinski definition) is 2. The molecule has 4 aliphatic carbocycles. The van der Waals surface area contributed by atoms with Crippen LogP contribution >= 0.6 is 23.5 Å². The van der Waals surface area contributed by atoms with Crippen LogP contribution in [0.1, 0.15) is 91.9 Å². The normalized spacial score (nSPS) is 47.0. The summed E-state index contributed by atoms with van der Waals surface area (Å²) in [5.41, 5.74) is 0.763. The number of Topliss-reactive ketones (excluding diaryl/α,β-unsaturated/α-hetero) is 1. The standard InChI is InChI=1S/C29H48O3S2/c1-18(17-30)5-8-25(32)19(2)24-16-27(3)11-10-23-22(26(27)29(24)33-13-14-34-29)7-6-20-15-21(31)9-12-28(20,23)4/h18-24,26,30-31H,5-17H2,1-4H3/t18-,19+,20+,21+,22-,23+,24+,26+,27-,28+/m1/s1. The van der Waals surface area contributed by atoms with Gasteiger partial charge in [-0.05, 0) is 104 Å². The monoisotopic (exact) mass is 508 g/mol. The minimum absolute atomic E-state index is 0.0768. The molecule has 0 amide bonds. The predicted molar refractivity (Wildman–Crippen MR) is 144 cm³/mol. The van der Waals surface area contributed by atoms with Gasteiger partial charge in [0.1, 0.15) is 5.78 Å². The first-order chi connectivity index (χ1) is 16.1. The topological polar surface area (TPSA) is 57.5 Å². The molecule has 5 fully saturated rings. The highest BCUT2D eigenvalue weighted by molar-refractivity contribution is 8.21. The number of carbonyl (C=O) groups is 1. The van der Waals surface area contributed by atoms with Crippen molar-refractivity contribution in [3.8, 4) is 0 Å². The largest absolute Gasteiger partial charge is 0.396 e. The Balaban J connectivity index is 1.43. The van der Waals surface area contributed by atoms with E-state index in [1.807, 2.05) is 0 Å². The Bertz CT molecular complexity index is 766. The van der Waals surface area contributed by atoms with Crippen LogP contribution in [0.2, 0.25) is 0 Å². The summed E-state index contributed by atoms with van der Waals surface area (Å²) in [6.45, 7) is 9.66. The molecule has 0 radical (unpaired) electrons. The van der Waals surface area contributed by atoms with Gasteiger partial charge in [-0.15, -0.1) is 23.5 Å². The van der Waals surface area contributed by atoms with Crippen LogP contribution in [0.3, 0.4) is 0 Å². The van der Waals surface area contributed by atoms with Crippen molar-refractivity contribution in [3.05, 3.63) is 0 Å². The van der Waals surface area contributed by atoms with Gasteiger partial charge in [-0.1, -0.05) is 27.7 Å². The van der Waals surface area contributed by atoms with Crippen molar-refractivity contribution in [2.45, 2.75) is 102 Å². The summed E-state index contributed by atoms with van der Waals surface area (Å²) in [5, 5.41) is 19.8. The fourth-order valence-corrected chi connectivity index (χ4v) is 14.1. The minimum atomic E-state index is -0.0768. The zero-order valence-corrected chi connectivity index (χ0v) is 23.6. The van der Waals surface area contributed by atoms with Crippen molar-refractivity contribution in [2.75, 3.05) is 18.1 Å². The van der Waals surface area contributed by atoms with Gasteiger partial charge in [0.2, 0.25) is 0 Å². The maximum absolute atomic E-state index is 13.4. The summed E-state index contributed by atoms with van der Waals surface area (Å²) in [6, 6.07) is 0. The second kappa shape index (κ2) is 9.55. The van der Waals surface area contributed by atoms with Crippen LogP contribution in [-0.4, -0.2) is 44.3 Å². The molecular weight excluding hydrogens is 460 g/mol. The number of aliphatic hydroxyl groups is 2. The van der Waals surface area contributed by atoms with E-state index < -0.39 is 0 Å². The summed E-state index contributed by atoms with van der Waals surface area (Å²) in [5.74, 6) is 6.74. The third kappa shape index (κ3) is 4.06. The van der Waals surface area contributed by atoms with Gasteiger partial charge in [0.05, 0.1) is 10.2 Å². The summed E-state index contributed by atoms with van der Waals surface area (Å²) < 4.78 is 0.215. The van der Waals surface area contributed by atoms with Crippen LogP contribution in [0.5, 0.6) is 0 Å². The van der Waals surface area contributed by atoms with Crippen molar-refractivity contribution in [1.29, 1.82) is 0 Å². The van der Waals surface area contributed by atoms with Gasteiger partial charge < -0.3 is 10.2 Å².